The summed E-state index contributed by atoms with van der Waals surface area (Å²) in [5, 5.41) is 6.21. The summed E-state index contributed by atoms with van der Waals surface area (Å²) in [6, 6.07) is 19.0. The van der Waals surface area contributed by atoms with Gasteiger partial charge in [-0.25, -0.2) is 14.8 Å². The molecule has 10 nitrogen and oxygen atoms in total. The number of aromatic nitrogens is 5. The first kappa shape index (κ1) is 26.3. The van der Waals surface area contributed by atoms with E-state index >= 15 is 0 Å². The van der Waals surface area contributed by atoms with Crippen LogP contribution in [0.1, 0.15) is 48.9 Å². The molecule has 11 heteroatoms. The fourth-order valence-electron chi connectivity index (χ4n) is 5.10. The van der Waals surface area contributed by atoms with Gasteiger partial charge in [0, 0.05) is 41.0 Å². The van der Waals surface area contributed by atoms with E-state index in [1.807, 2.05) is 60.7 Å². The zero-order valence-corrected chi connectivity index (χ0v) is 23.6. The topological polar surface area (TPSA) is 127 Å². The summed E-state index contributed by atoms with van der Waals surface area (Å²) in [5.41, 5.74) is 3.70. The second-order valence-electron chi connectivity index (χ2n) is 10.9. The molecule has 0 saturated heterocycles. The zero-order chi connectivity index (χ0) is 28.8. The molecule has 2 aliphatic carbocycles. The number of thiol groups is 1. The number of imidazole rings is 1. The summed E-state index contributed by atoms with van der Waals surface area (Å²) >= 11 is 4.26. The monoisotopic (exact) mass is 579 g/mol. The fourth-order valence-corrected chi connectivity index (χ4v) is 5.25. The van der Waals surface area contributed by atoms with Crippen LogP contribution in [0.5, 0.6) is 0 Å². The number of rotatable bonds is 9. The number of nitrogens with zero attached hydrogens (tertiary/aromatic N) is 4. The van der Waals surface area contributed by atoms with Crippen molar-refractivity contribution in [2.45, 2.75) is 55.6 Å². The Bertz CT molecular complexity index is 1900. The maximum Gasteiger partial charge on any atom is 0.333 e. The van der Waals surface area contributed by atoms with Crippen LogP contribution in [0.2, 0.25) is 0 Å². The molecule has 3 heterocycles. The van der Waals surface area contributed by atoms with E-state index in [1.165, 1.54) is 4.57 Å². The summed E-state index contributed by atoms with van der Waals surface area (Å²) in [5.74, 6) is 1.13. The van der Waals surface area contributed by atoms with Crippen LogP contribution in [-0.4, -0.2) is 30.0 Å². The van der Waals surface area contributed by atoms with Crippen LogP contribution in [0.25, 0.3) is 22.6 Å². The lowest BCUT2D eigenvalue weighted by molar-refractivity contribution is -0.115. The van der Waals surface area contributed by atoms with Gasteiger partial charge in [-0.2, -0.15) is 0 Å². The van der Waals surface area contributed by atoms with Crippen LogP contribution in [0.4, 0.5) is 11.5 Å². The number of hydrogen-bond acceptors (Lipinski definition) is 7. The molecular weight excluding hydrogens is 550 g/mol. The second kappa shape index (κ2) is 10.6. The molecule has 3 N–H and O–H groups in total. The van der Waals surface area contributed by atoms with Gasteiger partial charge in [-0.3, -0.25) is 18.7 Å². The van der Waals surface area contributed by atoms with Gasteiger partial charge in [0.2, 0.25) is 5.91 Å². The molecule has 2 fully saturated rings. The number of pyridine rings is 1. The third kappa shape index (κ3) is 5.35. The van der Waals surface area contributed by atoms with E-state index in [0.29, 0.717) is 29.4 Å². The van der Waals surface area contributed by atoms with Gasteiger partial charge in [-0.15, -0.1) is 12.6 Å². The number of amides is 1. The number of nitrogens with one attached hydrogen (secondary N) is 3. The largest absolute Gasteiger partial charge is 0.366 e. The van der Waals surface area contributed by atoms with Crippen molar-refractivity contribution in [2.75, 3.05) is 10.6 Å². The van der Waals surface area contributed by atoms with E-state index in [1.54, 1.807) is 10.8 Å². The second-order valence-corrected chi connectivity index (χ2v) is 11.5. The van der Waals surface area contributed by atoms with Gasteiger partial charge in [0.1, 0.15) is 17.2 Å². The summed E-state index contributed by atoms with van der Waals surface area (Å²) in [6.45, 7) is 0.563. The average Bonchev–Trinajstić information content (AvgIpc) is 3.93. The lowest BCUT2D eigenvalue weighted by atomic mass is 10.1. The van der Waals surface area contributed by atoms with Crippen LogP contribution in [0.15, 0.2) is 81.3 Å². The SMILES string of the molecule is O=C(Cc1ccc(CNc2ccc(-c3nc4c([nH]3)c(=O)n(C3CC3)c(=O)n4C3CC3)cn2)cc1)Nc1ccc(S)cc1. The minimum atomic E-state index is -0.297. The molecule has 0 spiro atoms. The van der Waals surface area contributed by atoms with Crippen molar-refractivity contribution in [3.63, 3.8) is 0 Å². The van der Waals surface area contributed by atoms with Gasteiger partial charge in [0.15, 0.2) is 5.65 Å². The number of carbonyl (C=O) groups excluding carboxylic acids is 1. The molecule has 5 aromatic rings. The Hall–Kier alpha value is -4.64. The Kier molecular flexibility index (Phi) is 6.66. The highest BCUT2D eigenvalue weighted by Gasteiger charge is 2.34. The maximum atomic E-state index is 13.1. The molecule has 1 amide bonds. The van der Waals surface area contributed by atoms with Gasteiger partial charge < -0.3 is 15.6 Å². The Morgan fingerprint density at radius 3 is 2.26 bits per heavy atom. The Balaban J connectivity index is 1.01. The fraction of sp³-hybridized carbons (Fsp3) is 0.258. The molecule has 212 valence electrons. The van der Waals surface area contributed by atoms with Gasteiger partial charge in [-0.05, 0) is 73.2 Å². The highest BCUT2D eigenvalue weighted by Crippen LogP contribution is 2.37. The lowest BCUT2D eigenvalue weighted by Gasteiger charge is -2.09. The smallest absolute Gasteiger partial charge is 0.333 e. The van der Waals surface area contributed by atoms with E-state index in [9.17, 15) is 14.4 Å². The first-order valence-electron chi connectivity index (χ1n) is 14.1. The molecular formula is C31H29N7O3S. The molecule has 42 heavy (non-hydrogen) atoms. The third-order valence-electron chi connectivity index (χ3n) is 7.63. The molecule has 0 radical (unpaired) electrons. The van der Waals surface area contributed by atoms with Gasteiger partial charge >= 0.3 is 5.69 Å². The van der Waals surface area contributed by atoms with Crippen molar-refractivity contribution in [2.24, 2.45) is 0 Å². The van der Waals surface area contributed by atoms with Crippen LogP contribution in [0, 0.1) is 0 Å². The van der Waals surface area contributed by atoms with Crippen molar-refractivity contribution in [3.8, 4) is 11.4 Å². The number of anilines is 2. The molecule has 0 bridgehead atoms. The lowest BCUT2D eigenvalue weighted by Crippen LogP contribution is -2.39. The molecule has 7 rings (SSSR count). The Labute approximate surface area is 246 Å². The molecule has 0 atom stereocenters. The minimum Gasteiger partial charge on any atom is -0.366 e. The number of carbonyl (C=O) groups is 1. The van der Waals surface area contributed by atoms with Gasteiger partial charge in [0.05, 0.1) is 6.42 Å². The first-order valence-corrected chi connectivity index (χ1v) is 14.5. The van der Waals surface area contributed by atoms with Gasteiger partial charge in [0.25, 0.3) is 5.56 Å². The summed E-state index contributed by atoms with van der Waals surface area (Å²) in [7, 11) is 0. The van der Waals surface area contributed by atoms with E-state index in [2.05, 4.69) is 38.2 Å². The Morgan fingerprint density at radius 1 is 0.905 bits per heavy atom. The number of aromatic amines is 1. The molecule has 2 aliphatic rings. The Morgan fingerprint density at radius 2 is 1.60 bits per heavy atom. The minimum absolute atomic E-state index is 0.00402. The first-order chi connectivity index (χ1) is 20.4. The zero-order valence-electron chi connectivity index (χ0n) is 22.7. The quantitative estimate of drug-likeness (QED) is 0.188. The van der Waals surface area contributed by atoms with Crippen molar-refractivity contribution in [1.29, 1.82) is 0 Å². The third-order valence-corrected chi connectivity index (χ3v) is 7.93. The highest BCUT2D eigenvalue weighted by molar-refractivity contribution is 7.80. The molecule has 3 aromatic heterocycles. The molecule has 2 aromatic carbocycles. The normalized spacial score (nSPS) is 14.7. The number of benzene rings is 2. The van der Waals surface area contributed by atoms with Crippen LogP contribution in [-0.2, 0) is 17.8 Å². The van der Waals surface area contributed by atoms with Crippen LogP contribution in [0.3, 0.4) is 0 Å². The van der Waals surface area contributed by atoms with E-state index in [4.69, 9.17) is 0 Å². The number of hydrogen-bond donors (Lipinski definition) is 4. The average molecular weight is 580 g/mol. The van der Waals surface area contributed by atoms with Crippen LogP contribution >= 0.6 is 12.6 Å². The summed E-state index contributed by atoms with van der Waals surface area (Å²) in [6.07, 6.45) is 5.55. The molecule has 0 unspecified atom stereocenters. The van der Waals surface area contributed by atoms with Crippen molar-refractivity contribution >= 4 is 41.2 Å². The van der Waals surface area contributed by atoms with Gasteiger partial charge in [-0.1, -0.05) is 24.3 Å². The van der Waals surface area contributed by atoms with Crippen molar-refractivity contribution in [1.82, 2.24) is 24.1 Å². The van der Waals surface area contributed by atoms with E-state index in [-0.39, 0.29) is 35.7 Å². The predicted molar refractivity (Wildman–Crippen MR) is 164 cm³/mol. The van der Waals surface area contributed by atoms with E-state index < -0.39 is 0 Å². The van der Waals surface area contributed by atoms with E-state index in [0.717, 1.165) is 53.0 Å². The van der Waals surface area contributed by atoms with Crippen molar-refractivity contribution < 1.29 is 4.79 Å². The van der Waals surface area contributed by atoms with Crippen molar-refractivity contribution in [3.05, 3.63) is 98.8 Å². The predicted octanol–water partition coefficient (Wildman–Crippen LogP) is 4.70. The standard InChI is InChI=1S/C31H29N7O3S/c39-26(34-21-6-12-24(42)13-7-21)15-18-1-3-19(4-2-18)16-32-25-14-5-20(17-33-25)28-35-27-29(36-28)37(22-8-9-22)31(41)38(30(27)40)23-10-11-23/h1-7,12-14,17,22-23,42H,8-11,15-16H2,(H,32,33)(H,34,39)(H,35,36). The molecule has 0 aliphatic heterocycles. The number of fused-ring (bicyclic) bond motifs is 1. The van der Waals surface area contributed by atoms with Crippen LogP contribution < -0.4 is 21.9 Å². The summed E-state index contributed by atoms with van der Waals surface area (Å²) in [4.78, 5) is 51.8. The summed E-state index contributed by atoms with van der Waals surface area (Å²) < 4.78 is 3.09. The number of H-pyrrole nitrogens is 1. The molecule has 2 saturated carbocycles. The highest BCUT2D eigenvalue weighted by atomic mass is 32.1. The maximum absolute atomic E-state index is 13.1.